The Bertz CT molecular complexity index is 1370. The minimum absolute atomic E-state index is 0. The molecule has 1 fully saturated rings. The van der Waals surface area contributed by atoms with Gasteiger partial charge < -0.3 is 13.6 Å². The van der Waals surface area contributed by atoms with Crippen molar-refractivity contribution in [2.45, 2.75) is 252 Å². The van der Waals surface area contributed by atoms with Crippen LogP contribution in [-0.4, -0.2) is 67.9 Å². The molecule has 0 amide bonds. The first-order chi connectivity index (χ1) is 25.0. The molecule has 326 valence electrons. The lowest BCUT2D eigenvalue weighted by molar-refractivity contribution is -0.116. The van der Waals surface area contributed by atoms with E-state index in [2.05, 4.69) is 139 Å². The quantitative estimate of drug-likeness (QED) is 0.0694. The smallest absolute Gasteiger partial charge is 0.192 e. The molecule has 4 unspecified atom stereocenters. The molecule has 5 nitrogen and oxygen atoms in total. The van der Waals surface area contributed by atoms with Crippen LogP contribution in [0.3, 0.4) is 0 Å². The van der Waals surface area contributed by atoms with Gasteiger partial charge in [-0.15, -0.1) is 0 Å². The molecule has 9 heteroatoms. The number of hydrogen-bond donors (Lipinski definition) is 0. The number of ether oxygens (including phenoxy) is 1. The highest BCUT2D eigenvalue weighted by Crippen LogP contribution is 2.52. The summed E-state index contributed by atoms with van der Waals surface area (Å²) in [6.07, 6.45) is 22.4. The summed E-state index contributed by atoms with van der Waals surface area (Å²) in [6, 6.07) is 0. The topological polar surface area (TPSA) is 65.1 Å². The van der Waals surface area contributed by atoms with Crippen LogP contribution in [0.1, 0.15) is 153 Å². The summed E-state index contributed by atoms with van der Waals surface area (Å²) < 4.78 is 19.4. The summed E-state index contributed by atoms with van der Waals surface area (Å²) in [7, 11) is -6.67. The number of hydrogen-bond acceptors (Lipinski definition) is 5. The van der Waals surface area contributed by atoms with Crippen molar-refractivity contribution < 1.29 is 23.2 Å². The molecule has 0 bridgehead atoms. The predicted molar refractivity (Wildman–Crippen MR) is 255 cm³/mol. The van der Waals surface area contributed by atoms with Crippen molar-refractivity contribution >= 4 is 44.3 Å². The molecule has 1 saturated heterocycles. The van der Waals surface area contributed by atoms with Gasteiger partial charge in [-0.3, -0.25) is 9.59 Å². The van der Waals surface area contributed by atoms with E-state index in [4.69, 9.17) is 13.6 Å². The normalized spacial score (nSPS) is 23.8. The van der Waals surface area contributed by atoms with E-state index in [0.29, 0.717) is 24.7 Å². The Morgan fingerprint density at radius 3 is 1.59 bits per heavy atom. The van der Waals surface area contributed by atoms with E-state index in [1.54, 1.807) is 0 Å². The highest BCUT2D eigenvalue weighted by atomic mass is 28.4. The van der Waals surface area contributed by atoms with Gasteiger partial charge in [0.05, 0.1) is 39.7 Å². The summed E-state index contributed by atoms with van der Waals surface area (Å²) in [5.74, 6) is 0.579. The summed E-state index contributed by atoms with van der Waals surface area (Å²) in [6.45, 7) is 41.5. The first-order valence-electron chi connectivity index (χ1n) is 22.2. The van der Waals surface area contributed by atoms with E-state index < -0.39 is 32.8 Å². The minimum Gasteiger partial charge on any atom is -0.410 e. The van der Waals surface area contributed by atoms with E-state index in [0.717, 1.165) is 36.8 Å². The number of carbonyl (C=O) groups is 2. The molecule has 0 aromatic rings. The second kappa shape index (κ2) is 21.2. The van der Waals surface area contributed by atoms with Crippen LogP contribution in [-0.2, 0) is 23.2 Å². The van der Waals surface area contributed by atoms with Gasteiger partial charge in [-0.1, -0.05) is 158 Å². The average molecular weight is 850 g/mol. The third kappa shape index (κ3) is 15.4. The number of allylic oxidation sites excluding steroid dienone is 3. The van der Waals surface area contributed by atoms with E-state index >= 15 is 0 Å². The largest absolute Gasteiger partial charge is 0.410 e. The average Bonchev–Trinajstić information content (AvgIpc) is 3.48. The molecule has 1 aliphatic heterocycles. The molecular weight excluding hydrogens is 757 g/mol. The van der Waals surface area contributed by atoms with Gasteiger partial charge in [0.1, 0.15) is 0 Å². The van der Waals surface area contributed by atoms with E-state index in [1.807, 2.05) is 0 Å². The molecule has 3 aliphatic rings. The fraction of sp³-hybridized carbons (Fsp3) is 0.830. The molecule has 4 atom stereocenters. The van der Waals surface area contributed by atoms with Crippen LogP contribution in [0, 0.1) is 0 Å². The van der Waals surface area contributed by atoms with Gasteiger partial charge in [-0.2, -0.15) is 0 Å². The third-order valence-corrected chi connectivity index (χ3v) is 27.9. The van der Waals surface area contributed by atoms with Crippen molar-refractivity contribution in [3.05, 3.63) is 34.6 Å². The first-order valence-corrected chi connectivity index (χ1v) is 35.0. The van der Waals surface area contributed by atoms with Gasteiger partial charge in [-0.25, -0.2) is 0 Å². The van der Waals surface area contributed by atoms with Crippen LogP contribution in [0.25, 0.3) is 0 Å². The maximum absolute atomic E-state index is 12.8. The Hall–Kier alpha value is -0.692. The molecule has 0 radical (unpaired) electrons. The van der Waals surface area contributed by atoms with E-state index in [1.165, 1.54) is 56.6 Å². The molecule has 1 heterocycles. The lowest BCUT2D eigenvalue weighted by Gasteiger charge is -2.37. The third-order valence-electron chi connectivity index (χ3n) is 13.4. The number of ketones is 2. The zero-order valence-corrected chi connectivity index (χ0v) is 43.4. The van der Waals surface area contributed by atoms with Crippen LogP contribution < -0.4 is 0 Å². The fourth-order valence-electron chi connectivity index (χ4n) is 7.28. The number of Topliss-reactive ketones (excluding diaryl/α,β-unsaturated/α-hetero) is 2. The summed E-state index contributed by atoms with van der Waals surface area (Å²) in [5, 5.41) is 1.82. The van der Waals surface area contributed by atoms with Crippen LogP contribution >= 0.6 is 0 Å². The fourth-order valence-corrected chi connectivity index (χ4v) is 13.6. The highest BCUT2D eigenvalue weighted by Gasteiger charge is 2.64. The van der Waals surface area contributed by atoms with Crippen LogP contribution in [0.4, 0.5) is 0 Å². The van der Waals surface area contributed by atoms with Crippen LogP contribution in [0.2, 0.25) is 75.5 Å². The van der Waals surface area contributed by atoms with Crippen molar-refractivity contribution in [1.29, 1.82) is 0 Å². The standard InChI is InChI=1S/C23H44O3Si2.C23H44O2Si2.CH4/c1-10-11-12-13-14-21-23(25-21,27(5,6)7)17-18-15-19(16-20(18)24)26-28(8,9)22(2,3)4;1-10-11-12-13-14-15-21(26(5,6)7)17-19-16-20(18-22(19)24)25-27(8,9)23(2,3)4;/h15,19,21H,10-14,16-17H2,1-9H3;15-16,20H,10-14,17-18H2,1-9H3;1H4/b;21-15-;. The Balaban J connectivity index is 0.000000551. The van der Waals surface area contributed by atoms with Crippen LogP contribution in [0.15, 0.2) is 34.6 Å². The first kappa shape index (κ1) is 53.3. The zero-order valence-electron chi connectivity index (χ0n) is 39.4. The molecule has 0 aromatic heterocycles. The lowest BCUT2D eigenvalue weighted by Crippen LogP contribution is -2.44. The van der Waals surface area contributed by atoms with Gasteiger partial charge >= 0.3 is 0 Å². The van der Waals surface area contributed by atoms with Crippen molar-refractivity contribution in [1.82, 2.24) is 0 Å². The van der Waals surface area contributed by atoms with Gasteiger partial charge in [0.2, 0.25) is 0 Å². The Kier molecular flexibility index (Phi) is 20.2. The molecule has 0 spiro atoms. The minimum atomic E-state index is -1.87. The maximum Gasteiger partial charge on any atom is 0.192 e. The number of epoxide rings is 1. The number of carbonyl (C=O) groups excluding carboxylic acids is 2. The molecule has 3 rings (SSSR count). The number of rotatable bonds is 20. The monoisotopic (exact) mass is 849 g/mol. The second-order valence-corrected chi connectivity index (χ2v) is 42.3. The van der Waals surface area contributed by atoms with Gasteiger partial charge in [-0.05, 0) is 85.2 Å². The predicted octanol–water partition coefficient (Wildman–Crippen LogP) is 14.7. The van der Waals surface area contributed by atoms with Gasteiger partial charge in [0.25, 0.3) is 0 Å². The molecule has 0 saturated carbocycles. The SMILES string of the molecule is C.CCCCCC/C=C(/CC1=CC(O[Si](C)(C)C(C)(C)C)CC1=O)[Si](C)(C)C.CCCCCCC1OC1(CC1=CC(O[Si](C)(C)C(C)(C)C)CC1=O)[Si](C)(C)C. The van der Waals surface area contributed by atoms with Crippen molar-refractivity contribution in [2.24, 2.45) is 0 Å². The Morgan fingerprint density at radius 1 is 0.714 bits per heavy atom. The second-order valence-electron chi connectivity index (χ2n) is 22.2. The molecule has 56 heavy (non-hydrogen) atoms. The lowest BCUT2D eigenvalue weighted by atomic mass is 10.0. The van der Waals surface area contributed by atoms with Crippen molar-refractivity contribution in [3.8, 4) is 0 Å². The zero-order chi connectivity index (χ0) is 42.3. The summed E-state index contributed by atoms with van der Waals surface area (Å²) in [5.41, 5.74) is 1.98. The van der Waals surface area contributed by atoms with Crippen LogP contribution in [0.5, 0.6) is 0 Å². The van der Waals surface area contributed by atoms with Gasteiger partial charge in [0.15, 0.2) is 28.2 Å². The maximum atomic E-state index is 12.8. The molecule has 2 aliphatic carbocycles. The summed E-state index contributed by atoms with van der Waals surface area (Å²) in [4.78, 5) is 25.4. The Morgan fingerprint density at radius 2 is 1.16 bits per heavy atom. The van der Waals surface area contributed by atoms with E-state index in [9.17, 15) is 9.59 Å². The van der Waals surface area contributed by atoms with Gasteiger partial charge in [0, 0.05) is 19.3 Å². The molecular formula is C47H92O5Si4. The highest BCUT2D eigenvalue weighted by molar-refractivity contribution is 6.83. The molecule has 0 N–H and O–H groups in total. The van der Waals surface area contributed by atoms with E-state index in [-0.39, 0.29) is 40.7 Å². The molecule has 0 aromatic carbocycles. The van der Waals surface area contributed by atoms with Crippen molar-refractivity contribution in [2.75, 3.05) is 0 Å². The van der Waals surface area contributed by atoms with Crippen molar-refractivity contribution in [3.63, 3.8) is 0 Å². The summed E-state index contributed by atoms with van der Waals surface area (Å²) >= 11 is 0. The Labute approximate surface area is 352 Å². The number of unbranched alkanes of at least 4 members (excludes halogenated alkanes) is 7.